The number of halogens is 1. The van der Waals surface area contributed by atoms with Crippen LogP contribution in [-0.4, -0.2) is 23.9 Å². The smallest absolute Gasteiger partial charge is 0.270 e. The van der Waals surface area contributed by atoms with Gasteiger partial charge in [-0.3, -0.25) is 14.9 Å². The van der Waals surface area contributed by atoms with Gasteiger partial charge in [0, 0.05) is 30.9 Å². The van der Waals surface area contributed by atoms with Gasteiger partial charge in [-0.05, 0) is 36.2 Å². The summed E-state index contributed by atoms with van der Waals surface area (Å²) in [6.07, 6.45) is 2.54. The summed E-state index contributed by atoms with van der Waals surface area (Å²) >= 11 is 6.08. The van der Waals surface area contributed by atoms with Crippen molar-refractivity contribution >= 4 is 28.9 Å². The Kier molecular flexibility index (Phi) is 5.22. The molecule has 0 saturated heterocycles. The molecular weight excluding hydrogens is 394 g/mol. The van der Waals surface area contributed by atoms with Gasteiger partial charge in [-0.2, -0.15) is 0 Å². The van der Waals surface area contributed by atoms with Crippen LogP contribution >= 0.6 is 11.6 Å². The Bertz CT molecular complexity index is 1050. The molecule has 0 saturated carbocycles. The number of rotatable bonds is 6. The molecule has 29 heavy (non-hydrogen) atoms. The lowest BCUT2D eigenvalue weighted by Crippen LogP contribution is -2.37. The van der Waals surface area contributed by atoms with E-state index in [-0.39, 0.29) is 22.3 Å². The highest BCUT2D eigenvalue weighted by molar-refractivity contribution is 6.34. The highest BCUT2D eigenvalue weighted by Crippen LogP contribution is 2.35. The third kappa shape index (κ3) is 3.82. The minimum atomic E-state index is -0.550. The molecule has 0 spiro atoms. The van der Waals surface area contributed by atoms with Crippen LogP contribution < -0.4 is 10.2 Å². The average Bonchev–Trinajstić information content (AvgIpc) is 3.39. The molecular formula is C21H18ClN3O4. The molecule has 1 aliphatic rings. The van der Waals surface area contributed by atoms with Gasteiger partial charge in [-0.25, -0.2) is 0 Å². The number of benzene rings is 2. The fraction of sp³-hybridized carbons (Fsp3) is 0.190. The van der Waals surface area contributed by atoms with Crippen molar-refractivity contribution in [2.75, 3.05) is 18.0 Å². The van der Waals surface area contributed by atoms with Crippen molar-refractivity contribution in [2.24, 2.45) is 0 Å². The number of anilines is 1. The van der Waals surface area contributed by atoms with Crippen molar-refractivity contribution in [3.8, 4) is 0 Å². The van der Waals surface area contributed by atoms with Gasteiger partial charge in [0.25, 0.3) is 11.6 Å². The van der Waals surface area contributed by atoms with E-state index in [1.807, 2.05) is 24.3 Å². The van der Waals surface area contributed by atoms with Gasteiger partial charge < -0.3 is 14.6 Å². The number of para-hydroxylation sites is 1. The van der Waals surface area contributed by atoms with Crippen molar-refractivity contribution in [1.82, 2.24) is 5.32 Å². The summed E-state index contributed by atoms with van der Waals surface area (Å²) in [5, 5.41) is 13.8. The second-order valence-electron chi connectivity index (χ2n) is 6.73. The standard InChI is InChI=1S/C21H18ClN3O4/c22-17-12-15(25(27)28)7-8-16(17)21(26)23-13-19(20-6-3-11-29-20)24-10-9-14-4-1-2-5-18(14)24/h1-8,11-12,19H,9-10,13H2,(H,23,26)/t19-/m0/s1. The monoisotopic (exact) mass is 411 g/mol. The summed E-state index contributed by atoms with van der Waals surface area (Å²) in [7, 11) is 0. The first-order chi connectivity index (χ1) is 14.0. The van der Waals surface area contributed by atoms with Crippen molar-refractivity contribution < 1.29 is 14.1 Å². The van der Waals surface area contributed by atoms with Crippen LogP contribution in [0.25, 0.3) is 0 Å². The lowest BCUT2D eigenvalue weighted by atomic mass is 10.1. The first-order valence-electron chi connectivity index (χ1n) is 9.14. The molecule has 0 aliphatic carbocycles. The van der Waals surface area contributed by atoms with Gasteiger partial charge in [0.1, 0.15) is 11.8 Å². The van der Waals surface area contributed by atoms with Crippen LogP contribution in [0.1, 0.15) is 27.7 Å². The number of nitrogens with one attached hydrogen (secondary N) is 1. The molecule has 2 aromatic carbocycles. The highest BCUT2D eigenvalue weighted by Gasteiger charge is 2.29. The van der Waals surface area contributed by atoms with Gasteiger partial charge in [0.15, 0.2) is 0 Å². The Morgan fingerprint density at radius 3 is 2.79 bits per heavy atom. The quantitative estimate of drug-likeness (QED) is 0.480. The number of carbonyl (C=O) groups excluding carboxylic acids is 1. The molecule has 7 nitrogen and oxygen atoms in total. The zero-order valence-electron chi connectivity index (χ0n) is 15.4. The van der Waals surface area contributed by atoms with Crippen LogP contribution in [0, 0.1) is 10.1 Å². The number of hydrogen-bond donors (Lipinski definition) is 1. The van der Waals surface area contributed by atoms with E-state index in [9.17, 15) is 14.9 Å². The number of nitro benzene ring substituents is 1. The SMILES string of the molecule is O=C(NC[C@@H](c1ccco1)N1CCc2ccccc21)c1ccc([N+](=O)[O-])cc1Cl. The Morgan fingerprint density at radius 2 is 2.07 bits per heavy atom. The molecule has 0 radical (unpaired) electrons. The largest absolute Gasteiger partial charge is 0.467 e. The second kappa shape index (κ2) is 7.97. The summed E-state index contributed by atoms with van der Waals surface area (Å²) in [6.45, 7) is 1.12. The summed E-state index contributed by atoms with van der Waals surface area (Å²) in [4.78, 5) is 25.2. The van der Waals surface area contributed by atoms with Crippen LogP contribution in [0.3, 0.4) is 0 Å². The fourth-order valence-electron chi connectivity index (χ4n) is 3.62. The predicted octanol–water partition coefficient (Wildman–Crippen LogP) is 4.38. The number of nitro groups is 1. The molecule has 3 aromatic rings. The third-order valence-corrected chi connectivity index (χ3v) is 5.35. The Hall–Kier alpha value is -3.32. The first kappa shape index (κ1) is 19.0. The van der Waals surface area contributed by atoms with Crippen molar-refractivity contribution in [3.05, 3.63) is 92.9 Å². The molecule has 1 N–H and O–H groups in total. The van der Waals surface area contributed by atoms with Crippen LogP contribution in [0.5, 0.6) is 0 Å². The normalized spacial score (nSPS) is 13.8. The summed E-state index contributed by atoms with van der Waals surface area (Å²) in [5.41, 5.74) is 2.41. The van der Waals surface area contributed by atoms with Gasteiger partial charge >= 0.3 is 0 Å². The minimum absolute atomic E-state index is 0.0396. The van der Waals surface area contributed by atoms with Gasteiger partial charge in [0.05, 0.1) is 21.8 Å². The molecule has 0 bridgehead atoms. The van der Waals surface area contributed by atoms with Gasteiger partial charge in [0.2, 0.25) is 0 Å². The van der Waals surface area contributed by atoms with E-state index in [0.29, 0.717) is 6.54 Å². The third-order valence-electron chi connectivity index (χ3n) is 5.04. The van der Waals surface area contributed by atoms with E-state index in [2.05, 4.69) is 22.3 Å². The first-order valence-corrected chi connectivity index (χ1v) is 9.52. The van der Waals surface area contributed by atoms with E-state index in [1.165, 1.54) is 23.8 Å². The number of carbonyl (C=O) groups is 1. The molecule has 4 rings (SSSR count). The van der Waals surface area contributed by atoms with E-state index in [4.69, 9.17) is 16.0 Å². The Morgan fingerprint density at radius 1 is 1.24 bits per heavy atom. The molecule has 0 fully saturated rings. The zero-order valence-corrected chi connectivity index (χ0v) is 16.1. The molecule has 1 atom stereocenters. The molecule has 148 valence electrons. The number of fused-ring (bicyclic) bond motifs is 1. The molecule has 1 aromatic heterocycles. The van der Waals surface area contributed by atoms with E-state index < -0.39 is 10.8 Å². The molecule has 8 heteroatoms. The van der Waals surface area contributed by atoms with Crippen molar-refractivity contribution in [3.63, 3.8) is 0 Å². The Balaban J connectivity index is 1.54. The Labute approximate surface area is 172 Å². The zero-order chi connectivity index (χ0) is 20.4. The maximum Gasteiger partial charge on any atom is 0.270 e. The molecule has 2 heterocycles. The maximum atomic E-state index is 12.7. The summed E-state index contributed by atoms with van der Waals surface area (Å²) in [6, 6.07) is 15.5. The van der Waals surface area contributed by atoms with Crippen LogP contribution in [0.4, 0.5) is 11.4 Å². The predicted molar refractivity (Wildman–Crippen MR) is 109 cm³/mol. The summed E-state index contributed by atoms with van der Waals surface area (Å²) in [5.74, 6) is 0.353. The average molecular weight is 412 g/mol. The van der Waals surface area contributed by atoms with Crippen molar-refractivity contribution in [2.45, 2.75) is 12.5 Å². The van der Waals surface area contributed by atoms with E-state index in [0.717, 1.165) is 24.4 Å². The lowest BCUT2D eigenvalue weighted by molar-refractivity contribution is -0.384. The molecule has 0 unspecified atom stereocenters. The van der Waals surface area contributed by atoms with E-state index >= 15 is 0 Å². The number of furan rings is 1. The number of hydrogen-bond acceptors (Lipinski definition) is 5. The highest BCUT2D eigenvalue weighted by atomic mass is 35.5. The van der Waals surface area contributed by atoms with Crippen LogP contribution in [0.2, 0.25) is 5.02 Å². The fourth-order valence-corrected chi connectivity index (χ4v) is 3.88. The van der Waals surface area contributed by atoms with E-state index in [1.54, 1.807) is 6.26 Å². The summed E-state index contributed by atoms with van der Waals surface area (Å²) < 4.78 is 5.63. The number of nitrogens with zero attached hydrogens (tertiary/aromatic N) is 2. The molecule has 1 amide bonds. The van der Waals surface area contributed by atoms with Crippen LogP contribution in [-0.2, 0) is 6.42 Å². The van der Waals surface area contributed by atoms with Crippen molar-refractivity contribution in [1.29, 1.82) is 0 Å². The maximum absolute atomic E-state index is 12.7. The van der Waals surface area contributed by atoms with Crippen LogP contribution in [0.15, 0.2) is 65.3 Å². The second-order valence-corrected chi connectivity index (χ2v) is 7.14. The lowest BCUT2D eigenvalue weighted by Gasteiger charge is -2.29. The topological polar surface area (TPSA) is 88.6 Å². The minimum Gasteiger partial charge on any atom is -0.467 e. The molecule has 1 aliphatic heterocycles. The van der Waals surface area contributed by atoms with Gasteiger partial charge in [-0.15, -0.1) is 0 Å². The number of non-ortho nitro benzene ring substituents is 1. The number of amides is 1. The van der Waals surface area contributed by atoms with Gasteiger partial charge in [-0.1, -0.05) is 29.8 Å².